The molecule has 1 aliphatic rings. The summed E-state index contributed by atoms with van der Waals surface area (Å²) in [4.78, 5) is 17.4. The Morgan fingerprint density at radius 2 is 1.96 bits per heavy atom. The zero-order valence-electron chi connectivity index (χ0n) is 15.9. The highest BCUT2D eigenvalue weighted by Gasteiger charge is 2.27. The first kappa shape index (κ1) is 18.9. The van der Waals surface area contributed by atoms with Crippen molar-refractivity contribution in [1.82, 2.24) is 10.2 Å². The van der Waals surface area contributed by atoms with Crippen LogP contribution in [-0.4, -0.2) is 43.6 Å². The molecule has 0 aliphatic carbocycles. The van der Waals surface area contributed by atoms with E-state index in [2.05, 4.69) is 42.3 Å². The molecule has 1 aromatic carbocycles. The van der Waals surface area contributed by atoms with E-state index >= 15 is 0 Å². The van der Waals surface area contributed by atoms with Crippen LogP contribution >= 0.6 is 11.3 Å². The van der Waals surface area contributed by atoms with Crippen LogP contribution in [0.2, 0.25) is 0 Å². The predicted octanol–water partition coefficient (Wildman–Crippen LogP) is 4.34. The second-order valence-corrected chi connectivity index (χ2v) is 8.05. The number of amides is 1. The Hall–Kier alpha value is -1.85. The van der Waals surface area contributed by atoms with Crippen LogP contribution in [0, 0.1) is 6.92 Å². The van der Waals surface area contributed by atoms with Gasteiger partial charge in [0, 0.05) is 17.5 Å². The van der Waals surface area contributed by atoms with Gasteiger partial charge in [-0.05, 0) is 68.6 Å². The second kappa shape index (κ2) is 8.69. The van der Waals surface area contributed by atoms with Crippen LogP contribution in [0.25, 0.3) is 11.1 Å². The molecule has 2 aromatic rings. The summed E-state index contributed by atoms with van der Waals surface area (Å²) in [7, 11) is 1.67. The number of aryl methyl sites for hydroxylation is 1. The molecule has 1 aromatic heterocycles. The second-order valence-electron chi connectivity index (χ2n) is 6.79. The molecule has 5 heteroatoms. The van der Waals surface area contributed by atoms with Crippen LogP contribution in [0.5, 0.6) is 5.75 Å². The zero-order valence-corrected chi connectivity index (χ0v) is 16.7. The molecule has 0 unspecified atom stereocenters. The van der Waals surface area contributed by atoms with Gasteiger partial charge in [-0.15, -0.1) is 11.3 Å². The smallest absolute Gasteiger partial charge is 0.264 e. The lowest BCUT2D eigenvalue weighted by atomic mass is 10.0. The predicted molar refractivity (Wildman–Crippen MR) is 108 cm³/mol. The van der Waals surface area contributed by atoms with Gasteiger partial charge >= 0.3 is 0 Å². The van der Waals surface area contributed by atoms with E-state index in [1.807, 2.05) is 12.1 Å². The third kappa shape index (κ3) is 4.10. The number of carbonyl (C=O) groups excluding carboxylic acids is 1. The van der Waals surface area contributed by atoms with Gasteiger partial charge in [0.05, 0.1) is 12.0 Å². The molecule has 26 heavy (non-hydrogen) atoms. The van der Waals surface area contributed by atoms with Crippen LogP contribution in [0.4, 0.5) is 0 Å². The molecule has 1 fully saturated rings. The number of nitrogens with one attached hydrogen (secondary N) is 1. The van der Waals surface area contributed by atoms with Crippen molar-refractivity contribution in [2.75, 3.05) is 26.7 Å². The van der Waals surface area contributed by atoms with Crippen LogP contribution in [0.1, 0.15) is 40.7 Å². The summed E-state index contributed by atoms with van der Waals surface area (Å²) >= 11 is 1.61. The van der Waals surface area contributed by atoms with Gasteiger partial charge in [0.25, 0.3) is 5.91 Å². The number of ether oxygens (including phenoxy) is 1. The first-order chi connectivity index (χ1) is 12.6. The molecule has 0 spiro atoms. The summed E-state index contributed by atoms with van der Waals surface area (Å²) in [6.45, 7) is 7.06. The van der Waals surface area contributed by atoms with Crippen molar-refractivity contribution >= 4 is 17.2 Å². The van der Waals surface area contributed by atoms with E-state index in [0.29, 0.717) is 6.04 Å². The fraction of sp³-hybridized carbons (Fsp3) is 0.476. The summed E-state index contributed by atoms with van der Waals surface area (Å²) in [6, 6.07) is 10.5. The number of methoxy groups -OCH3 is 1. The Labute approximate surface area is 160 Å². The number of hydrogen-bond acceptors (Lipinski definition) is 4. The van der Waals surface area contributed by atoms with Crippen molar-refractivity contribution in [2.24, 2.45) is 0 Å². The van der Waals surface area contributed by atoms with Crippen molar-refractivity contribution < 1.29 is 9.53 Å². The SMILES string of the molecule is CCCN(C(=O)c1cc(-c2ccc(OC)cc2)c(C)s1)C1CCNCC1. The molecule has 0 saturated carbocycles. The van der Waals surface area contributed by atoms with Crippen LogP contribution < -0.4 is 10.1 Å². The molecule has 0 bridgehead atoms. The molecule has 1 amide bonds. The van der Waals surface area contributed by atoms with Gasteiger partial charge in [-0.25, -0.2) is 0 Å². The summed E-state index contributed by atoms with van der Waals surface area (Å²) in [6.07, 6.45) is 3.08. The Balaban J connectivity index is 1.84. The summed E-state index contributed by atoms with van der Waals surface area (Å²) < 4.78 is 5.24. The van der Waals surface area contributed by atoms with Crippen molar-refractivity contribution in [3.8, 4) is 16.9 Å². The molecule has 1 saturated heterocycles. The summed E-state index contributed by atoms with van der Waals surface area (Å²) in [5.41, 5.74) is 2.27. The van der Waals surface area contributed by atoms with E-state index in [9.17, 15) is 4.79 Å². The van der Waals surface area contributed by atoms with Crippen molar-refractivity contribution in [3.63, 3.8) is 0 Å². The van der Waals surface area contributed by atoms with Gasteiger partial charge in [-0.1, -0.05) is 19.1 Å². The van der Waals surface area contributed by atoms with E-state index in [1.54, 1.807) is 18.4 Å². The van der Waals surface area contributed by atoms with Gasteiger partial charge in [-0.2, -0.15) is 0 Å². The van der Waals surface area contributed by atoms with Gasteiger partial charge in [0.2, 0.25) is 0 Å². The highest BCUT2D eigenvalue weighted by atomic mass is 32.1. The van der Waals surface area contributed by atoms with Crippen molar-refractivity contribution in [1.29, 1.82) is 0 Å². The minimum atomic E-state index is 0.187. The molecule has 0 atom stereocenters. The lowest BCUT2D eigenvalue weighted by molar-refractivity contribution is 0.0647. The summed E-state index contributed by atoms with van der Waals surface area (Å²) in [5, 5.41) is 3.39. The lowest BCUT2D eigenvalue weighted by Crippen LogP contribution is -2.46. The number of nitrogens with zero attached hydrogens (tertiary/aromatic N) is 1. The first-order valence-corrected chi connectivity index (χ1v) is 10.2. The van der Waals surface area contributed by atoms with Crippen LogP contribution in [-0.2, 0) is 0 Å². The standard InChI is InChI=1S/C21H28N2O2S/c1-4-13-23(17-9-11-22-12-10-17)21(24)20-14-19(15(2)26-20)16-5-7-18(25-3)8-6-16/h5-8,14,17,22H,4,9-13H2,1-3H3. The van der Waals surface area contributed by atoms with E-state index in [-0.39, 0.29) is 5.91 Å². The molecule has 1 aliphatic heterocycles. The summed E-state index contributed by atoms with van der Waals surface area (Å²) in [5.74, 6) is 1.03. The third-order valence-electron chi connectivity index (χ3n) is 5.00. The third-order valence-corrected chi connectivity index (χ3v) is 6.04. The Morgan fingerprint density at radius 1 is 1.27 bits per heavy atom. The monoisotopic (exact) mass is 372 g/mol. The highest BCUT2D eigenvalue weighted by molar-refractivity contribution is 7.14. The molecule has 3 rings (SSSR count). The number of piperidine rings is 1. The molecule has 0 radical (unpaired) electrons. The van der Waals surface area contributed by atoms with E-state index in [0.717, 1.165) is 60.7 Å². The molecule has 1 N–H and O–H groups in total. The number of benzene rings is 1. The van der Waals surface area contributed by atoms with Crippen LogP contribution in [0.3, 0.4) is 0 Å². The zero-order chi connectivity index (χ0) is 18.5. The molecule has 2 heterocycles. The number of rotatable bonds is 6. The van der Waals surface area contributed by atoms with Gasteiger partial charge in [0.15, 0.2) is 0 Å². The van der Waals surface area contributed by atoms with Gasteiger partial charge in [0.1, 0.15) is 5.75 Å². The van der Waals surface area contributed by atoms with Crippen molar-refractivity contribution in [3.05, 3.63) is 40.1 Å². The number of thiophene rings is 1. The topological polar surface area (TPSA) is 41.6 Å². The highest BCUT2D eigenvalue weighted by Crippen LogP contribution is 2.33. The van der Waals surface area contributed by atoms with E-state index < -0.39 is 0 Å². The fourth-order valence-corrected chi connectivity index (χ4v) is 4.59. The minimum absolute atomic E-state index is 0.187. The lowest BCUT2D eigenvalue weighted by Gasteiger charge is -2.34. The molecular weight excluding hydrogens is 344 g/mol. The Kier molecular flexibility index (Phi) is 6.33. The molecular formula is C21H28N2O2S. The van der Waals surface area contributed by atoms with Crippen LogP contribution in [0.15, 0.2) is 30.3 Å². The maximum Gasteiger partial charge on any atom is 0.264 e. The maximum atomic E-state index is 13.2. The Morgan fingerprint density at radius 3 is 2.58 bits per heavy atom. The minimum Gasteiger partial charge on any atom is -0.497 e. The Bertz CT molecular complexity index is 733. The largest absolute Gasteiger partial charge is 0.497 e. The normalized spacial score (nSPS) is 15.0. The first-order valence-electron chi connectivity index (χ1n) is 9.40. The molecule has 4 nitrogen and oxygen atoms in total. The maximum absolute atomic E-state index is 13.2. The number of carbonyl (C=O) groups is 1. The number of hydrogen-bond donors (Lipinski definition) is 1. The quantitative estimate of drug-likeness (QED) is 0.820. The average Bonchev–Trinajstić information content (AvgIpc) is 3.08. The van der Waals surface area contributed by atoms with Crippen molar-refractivity contribution in [2.45, 2.75) is 39.2 Å². The van der Waals surface area contributed by atoms with E-state index in [1.165, 1.54) is 4.88 Å². The average molecular weight is 373 g/mol. The molecule has 140 valence electrons. The fourth-order valence-electron chi connectivity index (χ4n) is 3.60. The van der Waals surface area contributed by atoms with Gasteiger partial charge < -0.3 is 15.0 Å². The van der Waals surface area contributed by atoms with E-state index in [4.69, 9.17) is 4.74 Å². The van der Waals surface area contributed by atoms with Gasteiger partial charge in [-0.3, -0.25) is 4.79 Å².